The van der Waals surface area contributed by atoms with Gasteiger partial charge in [-0.15, -0.1) is 0 Å². The van der Waals surface area contributed by atoms with Gasteiger partial charge in [-0.3, -0.25) is 4.79 Å². The molecule has 1 aliphatic rings. The lowest BCUT2D eigenvalue weighted by molar-refractivity contribution is 0.0746. The van der Waals surface area contributed by atoms with E-state index in [0.717, 1.165) is 56.1 Å². The molecule has 4 rings (SSSR count). The van der Waals surface area contributed by atoms with Crippen molar-refractivity contribution in [2.24, 2.45) is 0 Å². The number of anilines is 2. The van der Waals surface area contributed by atoms with Crippen molar-refractivity contribution in [2.45, 2.75) is 31.2 Å². The SMILES string of the molecule is CCCN(C)c1cc(Cl)nc(SCc2cccc(C(=O)N3CCN(c4ccccc4C)CC3)c2)n1. The zero-order chi connectivity index (χ0) is 24.8. The van der Waals surface area contributed by atoms with E-state index in [2.05, 4.69) is 57.9 Å². The van der Waals surface area contributed by atoms with Gasteiger partial charge in [0.25, 0.3) is 5.91 Å². The summed E-state index contributed by atoms with van der Waals surface area (Å²) in [7, 11) is 2.01. The Bertz CT molecular complexity index is 1170. The first-order valence-electron chi connectivity index (χ1n) is 12.0. The lowest BCUT2D eigenvalue weighted by atomic mass is 10.1. The molecule has 1 amide bonds. The largest absolute Gasteiger partial charge is 0.368 e. The number of aryl methyl sites for hydroxylation is 1. The van der Waals surface area contributed by atoms with Crippen LogP contribution in [0, 0.1) is 6.92 Å². The highest BCUT2D eigenvalue weighted by atomic mass is 35.5. The van der Waals surface area contributed by atoms with Crippen molar-refractivity contribution in [1.82, 2.24) is 14.9 Å². The van der Waals surface area contributed by atoms with Gasteiger partial charge in [0.1, 0.15) is 11.0 Å². The highest BCUT2D eigenvalue weighted by Gasteiger charge is 2.23. The van der Waals surface area contributed by atoms with Gasteiger partial charge >= 0.3 is 0 Å². The molecule has 1 aromatic heterocycles. The van der Waals surface area contributed by atoms with Gasteiger partial charge in [0.15, 0.2) is 5.16 Å². The first kappa shape index (κ1) is 25.3. The van der Waals surface area contributed by atoms with Gasteiger partial charge in [-0.2, -0.15) is 0 Å². The number of nitrogens with zero attached hydrogens (tertiary/aromatic N) is 5. The maximum Gasteiger partial charge on any atom is 0.253 e. The standard InChI is InChI=1S/C27H32ClN5OS/c1-4-12-31(3)25-18-24(28)29-27(30-25)35-19-21-9-7-10-22(17-21)26(34)33-15-13-32(14-16-33)23-11-6-5-8-20(23)2/h5-11,17-18H,4,12-16,19H2,1-3H3. The van der Waals surface area contributed by atoms with Crippen molar-refractivity contribution in [3.63, 3.8) is 0 Å². The molecule has 6 nitrogen and oxygen atoms in total. The van der Waals surface area contributed by atoms with Gasteiger partial charge in [-0.25, -0.2) is 9.97 Å². The molecule has 8 heteroatoms. The summed E-state index contributed by atoms with van der Waals surface area (Å²) in [4.78, 5) is 28.6. The zero-order valence-corrected chi connectivity index (χ0v) is 22.1. The first-order chi connectivity index (χ1) is 16.9. The number of thioether (sulfide) groups is 1. The highest BCUT2D eigenvalue weighted by molar-refractivity contribution is 7.98. The molecule has 1 fully saturated rings. The number of halogens is 1. The van der Waals surface area contributed by atoms with E-state index in [1.807, 2.05) is 36.2 Å². The van der Waals surface area contributed by atoms with E-state index in [1.165, 1.54) is 23.0 Å². The van der Waals surface area contributed by atoms with Crippen LogP contribution in [0.3, 0.4) is 0 Å². The van der Waals surface area contributed by atoms with Crippen LogP contribution in [0.2, 0.25) is 5.15 Å². The number of carbonyl (C=O) groups excluding carboxylic acids is 1. The minimum atomic E-state index is 0.0868. The number of para-hydroxylation sites is 1. The zero-order valence-electron chi connectivity index (χ0n) is 20.6. The summed E-state index contributed by atoms with van der Waals surface area (Å²) in [6, 6.07) is 18.1. The Hall–Kier alpha value is -2.77. The molecule has 0 aliphatic carbocycles. The maximum absolute atomic E-state index is 13.2. The minimum absolute atomic E-state index is 0.0868. The van der Waals surface area contributed by atoms with Crippen molar-refractivity contribution >= 4 is 40.8 Å². The first-order valence-corrected chi connectivity index (χ1v) is 13.4. The molecule has 184 valence electrons. The fraction of sp³-hybridized carbons (Fsp3) is 0.370. The lowest BCUT2D eigenvalue weighted by Gasteiger charge is -2.36. The van der Waals surface area contributed by atoms with E-state index in [-0.39, 0.29) is 5.91 Å². The fourth-order valence-electron chi connectivity index (χ4n) is 4.29. The number of aromatic nitrogens is 2. The molecule has 0 saturated carbocycles. The second kappa shape index (κ2) is 11.8. The normalized spacial score (nSPS) is 13.7. The number of benzene rings is 2. The van der Waals surface area contributed by atoms with Gasteiger partial charge in [0.2, 0.25) is 0 Å². The van der Waals surface area contributed by atoms with Crippen molar-refractivity contribution < 1.29 is 4.79 Å². The average Bonchev–Trinajstić information content (AvgIpc) is 2.87. The number of piperazine rings is 1. The molecule has 0 unspecified atom stereocenters. The lowest BCUT2D eigenvalue weighted by Crippen LogP contribution is -2.49. The summed E-state index contributed by atoms with van der Waals surface area (Å²) in [6.45, 7) is 8.29. The van der Waals surface area contributed by atoms with Crippen LogP contribution < -0.4 is 9.80 Å². The number of rotatable bonds is 8. The van der Waals surface area contributed by atoms with Crippen LogP contribution in [0.5, 0.6) is 0 Å². The molecular formula is C27H32ClN5OS. The van der Waals surface area contributed by atoms with Crippen LogP contribution >= 0.6 is 23.4 Å². The molecule has 3 aromatic rings. The third-order valence-electron chi connectivity index (χ3n) is 6.18. The van der Waals surface area contributed by atoms with Crippen molar-refractivity contribution in [1.29, 1.82) is 0 Å². The van der Waals surface area contributed by atoms with Gasteiger partial charge < -0.3 is 14.7 Å². The van der Waals surface area contributed by atoms with Crippen molar-refractivity contribution in [3.05, 3.63) is 76.4 Å². The van der Waals surface area contributed by atoms with Crippen LogP contribution in [-0.4, -0.2) is 60.5 Å². The van der Waals surface area contributed by atoms with E-state index in [9.17, 15) is 4.79 Å². The van der Waals surface area contributed by atoms with Crippen molar-refractivity contribution in [2.75, 3.05) is 49.6 Å². The van der Waals surface area contributed by atoms with Crippen LogP contribution in [0.15, 0.2) is 59.8 Å². The molecule has 0 N–H and O–H groups in total. The number of amides is 1. The Morgan fingerprint density at radius 1 is 1.06 bits per heavy atom. The smallest absolute Gasteiger partial charge is 0.253 e. The monoisotopic (exact) mass is 509 g/mol. The molecule has 0 bridgehead atoms. The molecule has 2 heterocycles. The summed E-state index contributed by atoms with van der Waals surface area (Å²) in [5.41, 5.74) is 4.31. The molecule has 0 radical (unpaired) electrons. The van der Waals surface area contributed by atoms with Crippen molar-refractivity contribution in [3.8, 4) is 0 Å². The second-order valence-corrected chi connectivity index (χ2v) is 10.1. The third kappa shape index (κ3) is 6.47. The summed E-state index contributed by atoms with van der Waals surface area (Å²) in [6.07, 6.45) is 1.03. The van der Waals surface area contributed by atoms with Gasteiger partial charge in [0.05, 0.1) is 0 Å². The maximum atomic E-state index is 13.2. The topological polar surface area (TPSA) is 52.6 Å². The number of carbonyl (C=O) groups is 1. The Labute approximate surface area is 217 Å². The van der Waals surface area contributed by atoms with Gasteiger partial charge in [0, 0.05) is 62.8 Å². The Morgan fingerprint density at radius 2 is 1.83 bits per heavy atom. The fourth-order valence-corrected chi connectivity index (χ4v) is 5.31. The summed E-state index contributed by atoms with van der Waals surface area (Å²) < 4.78 is 0. The van der Waals surface area contributed by atoms with Crippen LogP contribution in [-0.2, 0) is 5.75 Å². The van der Waals surface area contributed by atoms with Gasteiger partial charge in [-0.1, -0.05) is 60.6 Å². The van der Waals surface area contributed by atoms with Crippen LogP contribution in [0.25, 0.3) is 0 Å². The highest BCUT2D eigenvalue weighted by Crippen LogP contribution is 2.25. The molecule has 1 aliphatic heterocycles. The second-order valence-electron chi connectivity index (χ2n) is 8.81. The van der Waals surface area contributed by atoms with E-state index < -0.39 is 0 Å². The average molecular weight is 510 g/mol. The predicted octanol–water partition coefficient (Wildman–Crippen LogP) is 5.54. The summed E-state index contributed by atoms with van der Waals surface area (Å²) >= 11 is 7.77. The molecule has 0 spiro atoms. The Kier molecular flexibility index (Phi) is 8.52. The Morgan fingerprint density at radius 3 is 2.57 bits per heavy atom. The van der Waals surface area contributed by atoms with E-state index in [0.29, 0.717) is 16.1 Å². The molecule has 0 atom stereocenters. The molecule has 35 heavy (non-hydrogen) atoms. The predicted molar refractivity (Wildman–Crippen MR) is 146 cm³/mol. The van der Waals surface area contributed by atoms with E-state index >= 15 is 0 Å². The van der Waals surface area contributed by atoms with E-state index in [1.54, 1.807) is 6.07 Å². The summed E-state index contributed by atoms with van der Waals surface area (Å²) in [5.74, 6) is 1.58. The quantitative estimate of drug-likeness (QED) is 0.226. The molecule has 1 saturated heterocycles. The van der Waals surface area contributed by atoms with Crippen LogP contribution in [0.1, 0.15) is 34.8 Å². The number of hydrogen-bond acceptors (Lipinski definition) is 6. The van der Waals surface area contributed by atoms with Crippen LogP contribution in [0.4, 0.5) is 11.5 Å². The molecule has 2 aromatic carbocycles. The third-order valence-corrected chi connectivity index (χ3v) is 7.29. The molecular weight excluding hydrogens is 478 g/mol. The van der Waals surface area contributed by atoms with Gasteiger partial charge in [-0.05, 0) is 42.7 Å². The summed E-state index contributed by atoms with van der Waals surface area (Å²) in [5, 5.41) is 1.08. The minimum Gasteiger partial charge on any atom is -0.368 e. The number of hydrogen-bond donors (Lipinski definition) is 0. The van der Waals surface area contributed by atoms with E-state index in [4.69, 9.17) is 11.6 Å². The Balaban J connectivity index is 1.37.